The van der Waals surface area contributed by atoms with Gasteiger partial charge in [0.15, 0.2) is 6.10 Å². The number of nitrogens with one attached hydrogen (secondary N) is 1. The molecule has 1 aromatic carbocycles. The summed E-state index contributed by atoms with van der Waals surface area (Å²) in [6.07, 6.45) is 0.353. The van der Waals surface area contributed by atoms with Crippen molar-refractivity contribution in [1.29, 1.82) is 5.26 Å². The lowest BCUT2D eigenvalue weighted by Crippen LogP contribution is -2.43. The molecule has 0 aliphatic carbocycles. The molecular weight excluding hydrogens is 226 g/mol. The number of benzene rings is 1. The molecule has 1 fully saturated rings. The molecule has 2 rings (SSSR count). The first-order valence-electron chi connectivity index (χ1n) is 6.45. The van der Waals surface area contributed by atoms with Crippen molar-refractivity contribution in [2.45, 2.75) is 19.4 Å². The molecule has 0 spiro atoms. The van der Waals surface area contributed by atoms with Crippen LogP contribution < -0.4 is 15.0 Å². The first kappa shape index (κ1) is 12.7. The zero-order valence-electron chi connectivity index (χ0n) is 10.7. The van der Waals surface area contributed by atoms with Crippen LogP contribution in [0.4, 0.5) is 5.69 Å². The van der Waals surface area contributed by atoms with Gasteiger partial charge in [0, 0.05) is 31.9 Å². The van der Waals surface area contributed by atoms with Crippen molar-refractivity contribution in [3.8, 4) is 11.8 Å². The zero-order valence-corrected chi connectivity index (χ0v) is 10.7. The van der Waals surface area contributed by atoms with E-state index >= 15 is 0 Å². The molecule has 96 valence electrons. The van der Waals surface area contributed by atoms with Crippen molar-refractivity contribution in [3.63, 3.8) is 0 Å². The molecule has 1 aliphatic rings. The molecule has 1 atom stereocenters. The Morgan fingerprint density at radius 2 is 2.00 bits per heavy atom. The highest BCUT2D eigenvalue weighted by atomic mass is 16.5. The third-order valence-corrected chi connectivity index (χ3v) is 3.11. The average molecular weight is 245 g/mol. The van der Waals surface area contributed by atoms with Gasteiger partial charge in [0.25, 0.3) is 0 Å². The van der Waals surface area contributed by atoms with Gasteiger partial charge in [-0.2, -0.15) is 5.26 Å². The second kappa shape index (κ2) is 6.27. The third kappa shape index (κ3) is 3.14. The van der Waals surface area contributed by atoms with E-state index in [1.165, 1.54) is 5.69 Å². The molecule has 1 N–H and O–H groups in total. The summed E-state index contributed by atoms with van der Waals surface area (Å²) >= 11 is 0. The highest BCUT2D eigenvalue weighted by Gasteiger charge is 2.11. The minimum absolute atomic E-state index is 0.352. The summed E-state index contributed by atoms with van der Waals surface area (Å²) in [5, 5.41) is 12.2. The fourth-order valence-corrected chi connectivity index (χ4v) is 2.02. The van der Waals surface area contributed by atoms with E-state index in [9.17, 15) is 0 Å². The molecule has 1 unspecified atom stereocenters. The van der Waals surface area contributed by atoms with Crippen LogP contribution >= 0.6 is 0 Å². The van der Waals surface area contributed by atoms with Crippen molar-refractivity contribution in [3.05, 3.63) is 24.3 Å². The van der Waals surface area contributed by atoms with Crippen LogP contribution in [0.1, 0.15) is 13.3 Å². The first-order chi connectivity index (χ1) is 8.83. The Labute approximate surface area is 108 Å². The van der Waals surface area contributed by atoms with Gasteiger partial charge in [-0.05, 0) is 30.7 Å². The summed E-state index contributed by atoms with van der Waals surface area (Å²) in [6.45, 7) is 6.09. The maximum absolute atomic E-state index is 8.86. The molecule has 1 aromatic rings. The van der Waals surface area contributed by atoms with E-state index in [-0.39, 0.29) is 6.10 Å². The second-order valence-corrected chi connectivity index (χ2v) is 4.37. The van der Waals surface area contributed by atoms with Gasteiger partial charge >= 0.3 is 0 Å². The van der Waals surface area contributed by atoms with Crippen LogP contribution in [0.15, 0.2) is 24.3 Å². The van der Waals surface area contributed by atoms with E-state index in [4.69, 9.17) is 10.00 Å². The lowest BCUT2D eigenvalue weighted by atomic mass is 10.2. The topological polar surface area (TPSA) is 48.3 Å². The Bertz CT molecular complexity index is 404. The Kier molecular flexibility index (Phi) is 4.43. The maximum atomic E-state index is 8.86. The largest absolute Gasteiger partial charge is 0.476 e. The number of nitrogens with zero attached hydrogens (tertiary/aromatic N) is 2. The minimum Gasteiger partial charge on any atom is -0.476 e. The number of rotatable bonds is 4. The summed E-state index contributed by atoms with van der Waals surface area (Å²) < 4.78 is 5.56. The van der Waals surface area contributed by atoms with Gasteiger partial charge in [-0.3, -0.25) is 0 Å². The summed E-state index contributed by atoms with van der Waals surface area (Å²) in [7, 11) is 0. The molecule has 0 radical (unpaired) electrons. The molecule has 1 saturated heterocycles. The molecule has 0 bridgehead atoms. The number of hydrogen-bond donors (Lipinski definition) is 1. The Hall–Kier alpha value is -1.73. The molecule has 1 heterocycles. The average Bonchev–Trinajstić information content (AvgIpc) is 2.46. The fourth-order valence-electron chi connectivity index (χ4n) is 2.02. The monoisotopic (exact) mass is 245 g/mol. The highest BCUT2D eigenvalue weighted by molar-refractivity contribution is 5.49. The van der Waals surface area contributed by atoms with Crippen LogP contribution in [-0.2, 0) is 0 Å². The summed E-state index contributed by atoms with van der Waals surface area (Å²) in [4.78, 5) is 2.35. The van der Waals surface area contributed by atoms with E-state index in [0.29, 0.717) is 6.42 Å². The molecule has 0 amide bonds. The van der Waals surface area contributed by atoms with Crippen molar-refractivity contribution in [2.24, 2.45) is 0 Å². The highest BCUT2D eigenvalue weighted by Crippen LogP contribution is 2.20. The van der Waals surface area contributed by atoms with Crippen molar-refractivity contribution < 1.29 is 4.74 Å². The van der Waals surface area contributed by atoms with Gasteiger partial charge in [0.05, 0.1) is 0 Å². The third-order valence-electron chi connectivity index (χ3n) is 3.11. The normalized spacial score (nSPS) is 17.0. The van der Waals surface area contributed by atoms with Gasteiger partial charge in [-0.25, -0.2) is 0 Å². The molecule has 1 aliphatic heterocycles. The van der Waals surface area contributed by atoms with Crippen LogP contribution in [0.5, 0.6) is 5.75 Å². The predicted octanol–water partition coefficient (Wildman–Crippen LogP) is 1.78. The Morgan fingerprint density at radius 3 is 2.56 bits per heavy atom. The number of anilines is 1. The number of hydrogen-bond acceptors (Lipinski definition) is 4. The van der Waals surface area contributed by atoms with Crippen LogP contribution in [0, 0.1) is 11.3 Å². The van der Waals surface area contributed by atoms with Crippen LogP contribution in [0.25, 0.3) is 0 Å². The minimum atomic E-state index is -0.352. The Balaban J connectivity index is 1.98. The number of piperazine rings is 1. The predicted molar refractivity (Wildman–Crippen MR) is 71.8 cm³/mol. The molecule has 4 nitrogen and oxygen atoms in total. The molecular formula is C14H19N3O. The Morgan fingerprint density at radius 1 is 1.33 bits per heavy atom. The lowest BCUT2D eigenvalue weighted by molar-refractivity contribution is 0.252. The zero-order chi connectivity index (χ0) is 12.8. The van der Waals surface area contributed by atoms with E-state index in [2.05, 4.69) is 28.4 Å². The second-order valence-electron chi connectivity index (χ2n) is 4.37. The van der Waals surface area contributed by atoms with Gasteiger partial charge in [-0.15, -0.1) is 0 Å². The summed E-state index contributed by atoms with van der Waals surface area (Å²) in [5.41, 5.74) is 1.22. The van der Waals surface area contributed by atoms with Gasteiger partial charge in [0.2, 0.25) is 0 Å². The molecule has 0 aromatic heterocycles. The number of ether oxygens (including phenoxy) is 1. The van der Waals surface area contributed by atoms with Crippen LogP contribution in [0.3, 0.4) is 0 Å². The summed E-state index contributed by atoms with van der Waals surface area (Å²) in [6, 6.07) is 10.1. The van der Waals surface area contributed by atoms with Crippen LogP contribution in [0.2, 0.25) is 0 Å². The van der Waals surface area contributed by atoms with Gasteiger partial charge in [0.1, 0.15) is 11.8 Å². The van der Waals surface area contributed by atoms with E-state index < -0.39 is 0 Å². The SMILES string of the molecule is CCC(C#N)Oc1ccc(N2CCNCC2)cc1. The molecule has 18 heavy (non-hydrogen) atoms. The van der Waals surface area contributed by atoms with Crippen molar-refractivity contribution in [2.75, 3.05) is 31.1 Å². The quantitative estimate of drug-likeness (QED) is 0.878. The molecule has 4 heteroatoms. The van der Waals surface area contributed by atoms with Crippen molar-refractivity contribution >= 4 is 5.69 Å². The van der Waals surface area contributed by atoms with E-state index in [0.717, 1.165) is 31.9 Å². The number of nitriles is 1. The first-order valence-corrected chi connectivity index (χ1v) is 6.45. The maximum Gasteiger partial charge on any atom is 0.184 e. The fraction of sp³-hybridized carbons (Fsp3) is 0.500. The smallest absolute Gasteiger partial charge is 0.184 e. The van der Waals surface area contributed by atoms with E-state index in [1.54, 1.807) is 0 Å². The van der Waals surface area contributed by atoms with Gasteiger partial charge < -0.3 is 15.0 Å². The van der Waals surface area contributed by atoms with Crippen molar-refractivity contribution in [1.82, 2.24) is 5.32 Å². The van der Waals surface area contributed by atoms with Gasteiger partial charge in [-0.1, -0.05) is 6.92 Å². The molecule has 0 saturated carbocycles. The lowest BCUT2D eigenvalue weighted by Gasteiger charge is -2.29. The van der Waals surface area contributed by atoms with E-state index in [1.807, 2.05) is 19.1 Å². The summed E-state index contributed by atoms with van der Waals surface area (Å²) in [5.74, 6) is 0.766. The standard InChI is InChI=1S/C14H19N3O/c1-2-13(11-15)18-14-5-3-12(4-6-14)17-9-7-16-8-10-17/h3-6,13,16H,2,7-10H2,1H3. The van der Waals surface area contributed by atoms with Crippen LogP contribution in [-0.4, -0.2) is 32.3 Å².